The SMILES string of the molecule is Cc1ccc2[nH]nc(C(=O)NC3CCCc4c3cnn4Cc3ccccc3)c2c1. The molecule has 0 radical (unpaired) electrons. The highest BCUT2D eigenvalue weighted by Crippen LogP contribution is 2.30. The number of benzene rings is 2. The maximum absolute atomic E-state index is 13.0. The zero-order valence-corrected chi connectivity index (χ0v) is 16.4. The average Bonchev–Trinajstić information content (AvgIpc) is 3.33. The Morgan fingerprint density at radius 3 is 2.97 bits per heavy atom. The number of nitrogens with zero attached hydrogens (tertiary/aromatic N) is 3. The van der Waals surface area contributed by atoms with Gasteiger partial charge in [0.25, 0.3) is 5.91 Å². The van der Waals surface area contributed by atoms with Gasteiger partial charge < -0.3 is 5.32 Å². The van der Waals surface area contributed by atoms with Gasteiger partial charge in [-0.05, 0) is 43.9 Å². The third-order valence-corrected chi connectivity index (χ3v) is 5.68. The Morgan fingerprint density at radius 1 is 1.24 bits per heavy atom. The second kappa shape index (κ2) is 7.20. The maximum Gasteiger partial charge on any atom is 0.272 e. The summed E-state index contributed by atoms with van der Waals surface area (Å²) in [5.41, 5.74) is 6.00. The first-order valence-corrected chi connectivity index (χ1v) is 10.0. The molecular formula is C23H23N5O. The van der Waals surface area contributed by atoms with E-state index in [1.807, 2.05) is 49.5 Å². The van der Waals surface area contributed by atoms with E-state index in [1.54, 1.807) is 0 Å². The number of aryl methyl sites for hydroxylation is 1. The van der Waals surface area contributed by atoms with Crippen LogP contribution in [0.4, 0.5) is 0 Å². The summed E-state index contributed by atoms with van der Waals surface area (Å²) in [5, 5.41) is 15.9. The Balaban J connectivity index is 1.39. The van der Waals surface area contributed by atoms with Crippen LogP contribution in [0.1, 0.15) is 51.8 Å². The van der Waals surface area contributed by atoms with E-state index >= 15 is 0 Å². The summed E-state index contributed by atoms with van der Waals surface area (Å²) in [4.78, 5) is 13.0. The first kappa shape index (κ1) is 17.7. The minimum Gasteiger partial charge on any atom is -0.344 e. The molecule has 0 aliphatic heterocycles. The molecule has 0 saturated heterocycles. The molecule has 2 aromatic carbocycles. The summed E-state index contributed by atoms with van der Waals surface area (Å²) in [7, 11) is 0. The first-order valence-electron chi connectivity index (χ1n) is 10.0. The summed E-state index contributed by atoms with van der Waals surface area (Å²) >= 11 is 0. The molecule has 1 aliphatic carbocycles. The van der Waals surface area contributed by atoms with Crippen LogP contribution in [-0.2, 0) is 13.0 Å². The number of amides is 1. The zero-order valence-electron chi connectivity index (χ0n) is 16.4. The lowest BCUT2D eigenvalue weighted by molar-refractivity contribution is 0.0929. The fourth-order valence-electron chi connectivity index (χ4n) is 4.19. The molecule has 0 spiro atoms. The second-order valence-corrected chi connectivity index (χ2v) is 7.73. The monoisotopic (exact) mass is 385 g/mol. The van der Waals surface area contributed by atoms with Crippen molar-refractivity contribution < 1.29 is 4.79 Å². The summed E-state index contributed by atoms with van der Waals surface area (Å²) < 4.78 is 2.07. The van der Waals surface area contributed by atoms with Crippen LogP contribution in [0.25, 0.3) is 10.9 Å². The average molecular weight is 385 g/mol. The van der Waals surface area contributed by atoms with E-state index in [9.17, 15) is 4.79 Å². The highest BCUT2D eigenvalue weighted by atomic mass is 16.2. The van der Waals surface area contributed by atoms with Gasteiger partial charge in [-0.3, -0.25) is 14.6 Å². The molecule has 4 aromatic rings. The molecule has 0 bridgehead atoms. The van der Waals surface area contributed by atoms with Crippen molar-refractivity contribution in [3.05, 3.63) is 82.8 Å². The van der Waals surface area contributed by atoms with Gasteiger partial charge in [-0.25, -0.2) is 0 Å². The minimum atomic E-state index is -0.143. The Kier molecular flexibility index (Phi) is 4.39. The Bertz CT molecular complexity index is 1170. The van der Waals surface area contributed by atoms with Gasteiger partial charge in [-0.2, -0.15) is 10.2 Å². The Labute approximate surface area is 168 Å². The summed E-state index contributed by atoms with van der Waals surface area (Å²) in [5.74, 6) is -0.143. The van der Waals surface area contributed by atoms with Crippen molar-refractivity contribution in [3.8, 4) is 0 Å². The second-order valence-electron chi connectivity index (χ2n) is 7.73. The van der Waals surface area contributed by atoms with E-state index in [2.05, 4.69) is 37.4 Å². The topological polar surface area (TPSA) is 75.6 Å². The largest absolute Gasteiger partial charge is 0.344 e. The number of aromatic amines is 1. The lowest BCUT2D eigenvalue weighted by atomic mass is 9.92. The number of fused-ring (bicyclic) bond motifs is 2. The van der Waals surface area contributed by atoms with E-state index < -0.39 is 0 Å². The third kappa shape index (κ3) is 3.31. The molecule has 6 nitrogen and oxygen atoms in total. The Morgan fingerprint density at radius 2 is 2.10 bits per heavy atom. The summed E-state index contributed by atoms with van der Waals surface area (Å²) in [6, 6.07) is 16.3. The normalized spacial score (nSPS) is 16.0. The molecule has 0 fully saturated rings. The van der Waals surface area contributed by atoms with E-state index in [-0.39, 0.29) is 11.9 Å². The van der Waals surface area contributed by atoms with Crippen LogP contribution in [-0.4, -0.2) is 25.9 Å². The molecule has 29 heavy (non-hydrogen) atoms. The van der Waals surface area contributed by atoms with Crippen molar-refractivity contribution >= 4 is 16.8 Å². The molecule has 2 heterocycles. The van der Waals surface area contributed by atoms with Gasteiger partial charge in [0, 0.05) is 16.6 Å². The zero-order chi connectivity index (χ0) is 19.8. The molecule has 146 valence electrons. The van der Waals surface area contributed by atoms with Crippen molar-refractivity contribution in [3.63, 3.8) is 0 Å². The van der Waals surface area contributed by atoms with E-state index in [4.69, 9.17) is 0 Å². The molecule has 1 atom stereocenters. The lowest BCUT2D eigenvalue weighted by Gasteiger charge is -2.24. The fraction of sp³-hybridized carbons (Fsp3) is 0.261. The van der Waals surface area contributed by atoms with Gasteiger partial charge in [-0.15, -0.1) is 0 Å². The summed E-state index contributed by atoms with van der Waals surface area (Å²) in [6.45, 7) is 2.77. The first-order chi connectivity index (χ1) is 14.2. The quantitative estimate of drug-likeness (QED) is 0.559. The van der Waals surface area contributed by atoms with Crippen LogP contribution >= 0.6 is 0 Å². The number of aromatic nitrogens is 4. The smallest absolute Gasteiger partial charge is 0.272 e. The predicted octanol–water partition coefficient (Wildman–Crippen LogP) is 3.92. The van der Waals surface area contributed by atoms with E-state index in [1.165, 1.54) is 11.3 Å². The maximum atomic E-state index is 13.0. The molecule has 1 aliphatic rings. The number of hydrogen-bond donors (Lipinski definition) is 2. The van der Waals surface area contributed by atoms with Crippen molar-refractivity contribution in [2.75, 3.05) is 0 Å². The van der Waals surface area contributed by atoms with Gasteiger partial charge in [0.15, 0.2) is 5.69 Å². The van der Waals surface area contributed by atoms with Gasteiger partial charge in [0.1, 0.15) is 0 Å². The lowest BCUT2D eigenvalue weighted by Crippen LogP contribution is -2.31. The molecule has 2 aromatic heterocycles. The molecule has 5 rings (SSSR count). The standard InChI is InChI=1S/C23H23N5O/c1-15-10-11-20-17(12-15)22(27-26-20)23(29)25-19-8-5-9-21-18(19)13-24-28(21)14-16-6-3-2-4-7-16/h2-4,6-7,10-13,19H,5,8-9,14H2,1H3,(H,25,29)(H,26,27). The highest BCUT2D eigenvalue weighted by molar-refractivity contribution is 6.04. The molecule has 0 saturated carbocycles. The van der Waals surface area contributed by atoms with Gasteiger partial charge in [0.05, 0.1) is 24.3 Å². The predicted molar refractivity (Wildman–Crippen MR) is 112 cm³/mol. The van der Waals surface area contributed by atoms with E-state index in [0.29, 0.717) is 5.69 Å². The van der Waals surface area contributed by atoms with Crippen molar-refractivity contribution in [1.82, 2.24) is 25.3 Å². The molecule has 1 unspecified atom stereocenters. The molecular weight excluding hydrogens is 362 g/mol. The van der Waals surface area contributed by atoms with Gasteiger partial charge >= 0.3 is 0 Å². The summed E-state index contributed by atoms with van der Waals surface area (Å²) in [6.07, 6.45) is 4.84. The van der Waals surface area contributed by atoms with Crippen LogP contribution in [0.3, 0.4) is 0 Å². The van der Waals surface area contributed by atoms with Crippen LogP contribution in [0.5, 0.6) is 0 Å². The van der Waals surface area contributed by atoms with E-state index in [0.717, 1.165) is 47.8 Å². The number of hydrogen-bond acceptors (Lipinski definition) is 3. The van der Waals surface area contributed by atoms with Crippen molar-refractivity contribution in [2.45, 2.75) is 38.8 Å². The minimum absolute atomic E-state index is 0.0349. The van der Waals surface area contributed by atoms with Crippen LogP contribution in [0.15, 0.2) is 54.7 Å². The molecule has 6 heteroatoms. The van der Waals surface area contributed by atoms with Gasteiger partial charge in [0.2, 0.25) is 0 Å². The molecule has 1 amide bonds. The number of carbonyl (C=O) groups is 1. The highest BCUT2D eigenvalue weighted by Gasteiger charge is 2.27. The number of H-pyrrole nitrogens is 1. The fourth-order valence-corrected chi connectivity index (χ4v) is 4.19. The number of carbonyl (C=O) groups excluding carboxylic acids is 1. The van der Waals surface area contributed by atoms with Crippen molar-refractivity contribution in [1.29, 1.82) is 0 Å². The van der Waals surface area contributed by atoms with Crippen LogP contribution < -0.4 is 5.32 Å². The van der Waals surface area contributed by atoms with Crippen molar-refractivity contribution in [2.24, 2.45) is 0 Å². The number of nitrogens with one attached hydrogen (secondary N) is 2. The molecule has 2 N–H and O–H groups in total. The van der Waals surface area contributed by atoms with Crippen LogP contribution in [0, 0.1) is 6.92 Å². The van der Waals surface area contributed by atoms with Gasteiger partial charge in [-0.1, -0.05) is 42.0 Å². The third-order valence-electron chi connectivity index (χ3n) is 5.68. The number of rotatable bonds is 4. The van der Waals surface area contributed by atoms with Crippen LogP contribution in [0.2, 0.25) is 0 Å². The Hall–Kier alpha value is -3.41.